The zero-order valence-electron chi connectivity index (χ0n) is 9.94. The van der Waals surface area contributed by atoms with E-state index in [0.717, 1.165) is 9.48 Å². The van der Waals surface area contributed by atoms with Crippen molar-refractivity contribution in [3.63, 3.8) is 0 Å². The lowest BCUT2D eigenvalue weighted by atomic mass is 10.3. The summed E-state index contributed by atoms with van der Waals surface area (Å²) in [7, 11) is 0. The predicted octanol–water partition coefficient (Wildman–Crippen LogP) is 2.46. The van der Waals surface area contributed by atoms with Crippen LogP contribution >= 0.6 is 27.3 Å². The first-order chi connectivity index (χ1) is 8.60. The average Bonchev–Trinajstić information content (AvgIpc) is 2.79. The molecule has 0 bridgehead atoms. The zero-order valence-corrected chi connectivity index (χ0v) is 12.3. The number of hydrazine groups is 1. The van der Waals surface area contributed by atoms with Gasteiger partial charge in [0.05, 0.1) is 10.5 Å². The van der Waals surface area contributed by atoms with Crippen LogP contribution in [0.5, 0.6) is 0 Å². The number of hydrogen-bond acceptors (Lipinski definition) is 7. The minimum atomic E-state index is 0.0699. The maximum Gasteiger partial charge on any atom is 0.239 e. The van der Waals surface area contributed by atoms with Crippen molar-refractivity contribution in [1.29, 1.82) is 0 Å². The Morgan fingerprint density at radius 1 is 1.39 bits per heavy atom. The molecule has 18 heavy (non-hydrogen) atoms. The monoisotopic (exact) mass is 328 g/mol. The molecule has 4 N–H and O–H groups in total. The van der Waals surface area contributed by atoms with Crippen LogP contribution in [-0.4, -0.2) is 15.0 Å². The van der Waals surface area contributed by atoms with Crippen LogP contribution in [0, 0.1) is 6.92 Å². The molecule has 2 rings (SSSR count). The molecule has 0 fully saturated rings. The summed E-state index contributed by atoms with van der Waals surface area (Å²) in [5, 5.41) is 4.28. The summed E-state index contributed by atoms with van der Waals surface area (Å²) < 4.78 is 0.779. The second-order valence-corrected chi connectivity index (χ2v) is 5.83. The SMILES string of the molecule is Cc1cnc(C(C)Nc2nc(NN)ncc2Br)s1. The van der Waals surface area contributed by atoms with Crippen molar-refractivity contribution in [1.82, 2.24) is 15.0 Å². The molecular weight excluding hydrogens is 316 g/mol. The highest BCUT2D eigenvalue weighted by atomic mass is 79.9. The molecule has 0 aliphatic heterocycles. The number of hydrogen-bond donors (Lipinski definition) is 3. The van der Waals surface area contributed by atoms with Crippen LogP contribution in [0.4, 0.5) is 11.8 Å². The smallest absolute Gasteiger partial charge is 0.239 e. The number of nitrogen functional groups attached to an aromatic ring is 1. The Labute approximate surface area is 117 Å². The van der Waals surface area contributed by atoms with Crippen molar-refractivity contribution in [3.8, 4) is 0 Å². The number of thiazole rings is 1. The van der Waals surface area contributed by atoms with E-state index >= 15 is 0 Å². The second-order valence-electron chi connectivity index (χ2n) is 3.71. The first-order valence-electron chi connectivity index (χ1n) is 5.28. The van der Waals surface area contributed by atoms with Crippen molar-refractivity contribution in [3.05, 3.63) is 26.8 Å². The topological polar surface area (TPSA) is 88.8 Å². The van der Waals surface area contributed by atoms with Gasteiger partial charge in [-0.2, -0.15) is 4.98 Å². The fourth-order valence-electron chi connectivity index (χ4n) is 1.38. The molecule has 2 aromatic rings. The Kier molecular flexibility index (Phi) is 4.10. The number of nitrogens with one attached hydrogen (secondary N) is 2. The summed E-state index contributed by atoms with van der Waals surface area (Å²) in [5.74, 6) is 6.33. The van der Waals surface area contributed by atoms with Crippen molar-refractivity contribution in [2.75, 3.05) is 10.7 Å². The van der Waals surface area contributed by atoms with Crippen LogP contribution < -0.4 is 16.6 Å². The van der Waals surface area contributed by atoms with Gasteiger partial charge in [-0.3, -0.25) is 5.43 Å². The van der Waals surface area contributed by atoms with Crippen LogP contribution in [0.25, 0.3) is 0 Å². The van der Waals surface area contributed by atoms with Gasteiger partial charge in [0.2, 0.25) is 5.95 Å². The van der Waals surface area contributed by atoms with E-state index in [1.165, 1.54) is 4.88 Å². The van der Waals surface area contributed by atoms with Crippen LogP contribution in [0.3, 0.4) is 0 Å². The van der Waals surface area contributed by atoms with Gasteiger partial charge in [0.15, 0.2) is 0 Å². The van der Waals surface area contributed by atoms with Gasteiger partial charge in [-0.25, -0.2) is 15.8 Å². The molecule has 0 saturated heterocycles. The standard InChI is InChI=1S/C10H13BrN6S/c1-5-3-13-9(18-5)6(2)15-8-7(11)4-14-10(16-8)17-12/h3-4,6H,12H2,1-2H3,(H2,14,15,16,17). The highest BCUT2D eigenvalue weighted by Gasteiger charge is 2.12. The molecular formula is C10H13BrN6S. The van der Waals surface area contributed by atoms with Gasteiger partial charge in [-0.15, -0.1) is 11.3 Å². The summed E-state index contributed by atoms with van der Waals surface area (Å²) >= 11 is 5.05. The van der Waals surface area contributed by atoms with Gasteiger partial charge in [-0.05, 0) is 29.8 Å². The number of nitrogens with two attached hydrogens (primary N) is 1. The maximum atomic E-state index is 5.29. The minimum absolute atomic E-state index is 0.0699. The van der Waals surface area contributed by atoms with Crippen molar-refractivity contribution >= 4 is 39.0 Å². The predicted molar refractivity (Wildman–Crippen MR) is 76.4 cm³/mol. The molecule has 1 atom stereocenters. The largest absolute Gasteiger partial charge is 0.360 e. The molecule has 2 aromatic heterocycles. The first-order valence-corrected chi connectivity index (χ1v) is 6.89. The number of aromatic nitrogens is 3. The molecule has 0 radical (unpaired) electrons. The van der Waals surface area contributed by atoms with E-state index in [0.29, 0.717) is 11.8 Å². The quantitative estimate of drug-likeness (QED) is 0.590. The van der Waals surface area contributed by atoms with Gasteiger partial charge in [0, 0.05) is 17.3 Å². The van der Waals surface area contributed by atoms with Crippen molar-refractivity contribution in [2.45, 2.75) is 19.9 Å². The molecule has 0 aliphatic rings. The molecule has 1 unspecified atom stereocenters. The van der Waals surface area contributed by atoms with Gasteiger partial charge in [-0.1, -0.05) is 0 Å². The molecule has 8 heteroatoms. The average molecular weight is 329 g/mol. The van der Waals surface area contributed by atoms with Crippen molar-refractivity contribution in [2.24, 2.45) is 5.84 Å². The molecule has 6 nitrogen and oxygen atoms in total. The third-order valence-corrected chi connectivity index (χ3v) is 3.91. The third-order valence-electron chi connectivity index (χ3n) is 2.24. The van der Waals surface area contributed by atoms with Crippen LogP contribution in [0.2, 0.25) is 0 Å². The molecule has 0 saturated carbocycles. The number of aryl methyl sites for hydroxylation is 1. The first kappa shape index (κ1) is 13.2. The van der Waals surface area contributed by atoms with Gasteiger partial charge < -0.3 is 5.32 Å². The summed E-state index contributed by atoms with van der Waals surface area (Å²) in [6.07, 6.45) is 3.50. The van der Waals surface area contributed by atoms with Gasteiger partial charge in [0.25, 0.3) is 0 Å². The van der Waals surface area contributed by atoms with Crippen LogP contribution in [0.1, 0.15) is 22.9 Å². The van der Waals surface area contributed by atoms with E-state index in [4.69, 9.17) is 5.84 Å². The number of halogens is 1. The number of rotatable bonds is 4. The molecule has 0 aromatic carbocycles. The van der Waals surface area contributed by atoms with Gasteiger partial charge in [0.1, 0.15) is 10.8 Å². The fourth-order valence-corrected chi connectivity index (χ4v) is 2.46. The third kappa shape index (κ3) is 2.95. The zero-order chi connectivity index (χ0) is 13.1. The molecule has 96 valence electrons. The van der Waals surface area contributed by atoms with Gasteiger partial charge >= 0.3 is 0 Å². The summed E-state index contributed by atoms with van der Waals surface area (Å²) in [6.45, 7) is 4.06. The Morgan fingerprint density at radius 2 is 2.17 bits per heavy atom. The van der Waals surface area contributed by atoms with E-state index in [2.05, 4.69) is 41.6 Å². The summed E-state index contributed by atoms with van der Waals surface area (Å²) in [6, 6.07) is 0.0699. The maximum absolute atomic E-state index is 5.29. The molecule has 0 aliphatic carbocycles. The number of anilines is 2. The summed E-state index contributed by atoms with van der Waals surface area (Å²) in [4.78, 5) is 13.8. The van der Waals surface area contributed by atoms with Crippen LogP contribution in [-0.2, 0) is 0 Å². The van der Waals surface area contributed by atoms with Crippen molar-refractivity contribution < 1.29 is 0 Å². The number of nitrogens with zero attached hydrogens (tertiary/aromatic N) is 3. The highest BCUT2D eigenvalue weighted by Crippen LogP contribution is 2.26. The molecule has 0 amide bonds. The van der Waals surface area contributed by atoms with E-state index in [9.17, 15) is 0 Å². The Bertz CT molecular complexity index is 543. The lowest BCUT2D eigenvalue weighted by Crippen LogP contribution is -2.13. The fraction of sp³-hybridized carbons (Fsp3) is 0.300. The molecule has 2 heterocycles. The highest BCUT2D eigenvalue weighted by molar-refractivity contribution is 9.10. The van der Waals surface area contributed by atoms with E-state index in [1.54, 1.807) is 17.5 Å². The lowest BCUT2D eigenvalue weighted by molar-refractivity contribution is 0.856. The normalized spacial score (nSPS) is 12.2. The van der Waals surface area contributed by atoms with E-state index < -0.39 is 0 Å². The Morgan fingerprint density at radius 3 is 2.78 bits per heavy atom. The Balaban J connectivity index is 2.18. The van der Waals surface area contributed by atoms with E-state index in [-0.39, 0.29) is 6.04 Å². The second kappa shape index (κ2) is 5.59. The molecule has 0 spiro atoms. The minimum Gasteiger partial charge on any atom is -0.360 e. The lowest BCUT2D eigenvalue weighted by Gasteiger charge is -2.13. The van der Waals surface area contributed by atoms with E-state index in [1.807, 2.05) is 20.0 Å². The van der Waals surface area contributed by atoms with Crippen LogP contribution in [0.15, 0.2) is 16.9 Å². The Hall–Kier alpha value is -1.25. The summed E-state index contributed by atoms with van der Waals surface area (Å²) in [5.41, 5.74) is 2.42.